The molecule has 4 heteroatoms. The zero-order valence-corrected chi connectivity index (χ0v) is 13.3. The van der Waals surface area contributed by atoms with E-state index < -0.39 is 11.9 Å². The Hall–Kier alpha value is -1.58. The summed E-state index contributed by atoms with van der Waals surface area (Å²) in [7, 11) is 0. The third-order valence-electron chi connectivity index (χ3n) is 2.64. The maximum atomic E-state index is 10.3. The zero-order chi connectivity index (χ0) is 16.5. The van der Waals surface area contributed by atoms with E-state index in [4.69, 9.17) is 10.2 Å². The molecule has 2 N–H and O–H groups in total. The predicted molar refractivity (Wildman–Crippen MR) is 81.7 cm³/mol. The first-order valence-electron chi connectivity index (χ1n) is 6.72. The topological polar surface area (TPSA) is 74.6 Å². The van der Waals surface area contributed by atoms with Crippen LogP contribution in [0.2, 0.25) is 0 Å². The van der Waals surface area contributed by atoms with Gasteiger partial charge in [0.05, 0.1) is 0 Å². The number of aliphatic carboxylic acids is 2. The van der Waals surface area contributed by atoms with Gasteiger partial charge < -0.3 is 10.2 Å². The van der Waals surface area contributed by atoms with Gasteiger partial charge in [0.25, 0.3) is 0 Å². The summed E-state index contributed by atoms with van der Waals surface area (Å²) in [5.74, 6) is -1.33. The Morgan fingerprint density at radius 3 is 1.65 bits per heavy atom. The van der Waals surface area contributed by atoms with Gasteiger partial charge in [-0.1, -0.05) is 54.2 Å². The summed E-state index contributed by atoms with van der Waals surface area (Å²) in [6, 6.07) is 0. The molecule has 4 nitrogen and oxygen atoms in total. The second-order valence-electron chi connectivity index (χ2n) is 6.27. The fraction of sp³-hybridized carbons (Fsp3) is 0.625. The van der Waals surface area contributed by atoms with Crippen LogP contribution in [0.5, 0.6) is 0 Å². The van der Waals surface area contributed by atoms with Crippen LogP contribution in [0.1, 0.15) is 53.9 Å². The molecule has 0 aliphatic rings. The van der Waals surface area contributed by atoms with E-state index in [1.54, 1.807) is 0 Å². The van der Waals surface area contributed by atoms with E-state index >= 15 is 0 Å². The van der Waals surface area contributed by atoms with E-state index in [0.29, 0.717) is 24.3 Å². The summed E-state index contributed by atoms with van der Waals surface area (Å²) < 4.78 is 0. The molecule has 1 atom stereocenters. The van der Waals surface area contributed by atoms with E-state index in [1.807, 2.05) is 34.6 Å². The molecule has 0 bridgehead atoms. The Morgan fingerprint density at radius 1 is 1.05 bits per heavy atom. The van der Waals surface area contributed by atoms with Crippen LogP contribution in [-0.2, 0) is 9.59 Å². The van der Waals surface area contributed by atoms with Crippen LogP contribution >= 0.6 is 0 Å². The highest BCUT2D eigenvalue weighted by atomic mass is 16.4. The highest BCUT2D eigenvalue weighted by Gasteiger charge is 2.15. The van der Waals surface area contributed by atoms with Crippen molar-refractivity contribution >= 4 is 11.9 Å². The standard InChI is InChI=1S/2C8H14O2/c1-6(7(9)10)5-8(2,3)4;1-4-6(2)5-7(3)8(9)10/h1,5H2,2-4H3,(H,9,10);6H,3-5H2,1-2H3,(H,9,10). The van der Waals surface area contributed by atoms with Crippen molar-refractivity contribution < 1.29 is 19.8 Å². The van der Waals surface area contributed by atoms with Crippen molar-refractivity contribution in [3.8, 4) is 0 Å². The number of hydrogen-bond donors (Lipinski definition) is 2. The van der Waals surface area contributed by atoms with Gasteiger partial charge in [0.15, 0.2) is 0 Å². The number of hydrogen-bond acceptors (Lipinski definition) is 2. The molecule has 0 aliphatic heterocycles. The average Bonchev–Trinajstić information content (AvgIpc) is 2.27. The van der Waals surface area contributed by atoms with Crippen LogP contribution in [0.15, 0.2) is 24.3 Å². The lowest BCUT2D eigenvalue weighted by molar-refractivity contribution is -0.133. The van der Waals surface area contributed by atoms with E-state index in [0.717, 1.165) is 6.42 Å². The van der Waals surface area contributed by atoms with Crippen LogP contribution in [0.4, 0.5) is 0 Å². The largest absolute Gasteiger partial charge is 0.478 e. The Morgan fingerprint density at radius 2 is 1.45 bits per heavy atom. The molecule has 20 heavy (non-hydrogen) atoms. The van der Waals surface area contributed by atoms with E-state index in [-0.39, 0.29) is 11.0 Å². The summed E-state index contributed by atoms with van der Waals surface area (Å²) >= 11 is 0. The van der Waals surface area contributed by atoms with Crippen molar-refractivity contribution in [1.29, 1.82) is 0 Å². The van der Waals surface area contributed by atoms with Gasteiger partial charge in [-0.05, 0) is 24.2 Å². The molecule has 0 heterocycles. The molecule has 0 saturated carbocycles. The minimum absolute atomic E-state index is 0.0233. The van der Waals surface area contributed by atoms with Crippen molar-refractivity contribution in [3.63, 3.8) is 0 Å². The Bertz CT molecular complexity index is 361. The number of carboxylic acid groups (broad SMARTS) is 2. The third-order valence-corrected chi connectivity index (χ3v) is 2.64. The van der Waals surface area contributed by atoms with Crippen molar-refractivity contribution in [3.05, 3.63) is 24.3 Å². The maximum absolute atomic E-state index is 10.3. The molecule has 0 aromatic carbocycles. The molecular weight excluding hydrogens is 256 g/mol. The van der Waals surface area contributed by atoms with Gasteiger partial charge in [0.1, 0.15) is 0 Å². The molecule has 0 radical (unpaired) electrons. The van der Waals surface area contributed by atoms with Crippen LogP contribution in [0, 0.1) is 11.3 Å². The van der Waals surface area contributed by atoms with Crippen LogP contribution in [0.25, 0.3) is 0 Å². The highest BCUT2D eigenvalue weighted by molar-refractivity contribution is 5.86. The summed E-state index contributed by atoms with van der Waals surface area (Å²) in [4.78, 5) is 20.5. The molecule has 0 aromatic rings. The minimum Gasteiger partial charge on any atom is -0.478 e. The number of rotatable bonds is 6. The summed E-state index contributed by atoms with van der Waals surface area (Å²) in [5.41, 5.74) is 0.622. The lowest BCUT2D eigenvalue weighted by atomic mass is 9.88. The third kappa shape index (κ3) is 12.9. The number of carboxylic acids is 2. The quantitative estimate of drug-likeness (QED) is 0.719. The highest BCUT2D eigenvalue weighted by Crippen LogP contribution is 2.22. The van der Waals surface area contributed by atoms with Crippen LogP contribution < -0.4 is 0 Å². The smallest absolute Gasteiger partial charge is 0.330 e. The van der Waals surface area contributed by atoms with E-state index in [1.165, 1.54) is 0 Å². The fourth-order valence-electron chi connectivity index (χ4n) is 1.37. The Balaban J connectivity index is 0. The first kappa shape index (κ1) is 20.7. The molecule has 0 aliphatic carbocycles. The molecule has 116 valence electrons. The Kier molecular flexibility index (Phi) is 9.69. The predicted octanol–water partition coefficient (Wildman–Crippen LogP) is 4.13. The average molecular weight is 284 g/mol. The minimum atomic E-state index is -0.894. The van der Waals surface area contributed by atoms with Gasteiger partial charge in [-0.25, -0.2) is 9.59 Å². The first-order valence-corrected chi connectivity index (χ1v) is 6.72. The van der Waals surface area contributed by atoms with Crippen LogP contribution in [-0.4, -0.2) is 22.2 Å². The van der Waals surface area contributed by atoms with Gasteiger partial charge >= 0.3 is 11.9 Å². The lowest BCUT2D eigenvalue weighted by Gasteiger charge is -2.17. The lowest BCUT2D eigenvalue weighted by Crippen LogP contribution is -2.10. The van der Waals surface area contributed by atoms with E-state index in [2.05, 4.69) is 13.2 Å². The SMILES string of the molecule is C=C(CC(C)(C)C)C(=O)O.C=C(CC(C)CC)C(=O)O. The maximum Gasteiger partial charge on any atom is 0.330 e. The summed E-state index contributed by atoms with van der Waals surface area (Å²) in [6.07, 6.45) is 2.15. The first-order chi connectivity index (χ1) is 8.90. The second kappa shape index (κ2) is 9.34. The summed E-state index contributed by atoms with van der Waals surface area (Å²) in [6.45, 7) is 16.9. The van der Waals surface area contributed by atoms with Crippen LogP contribution in [0.3, 0.4) is 0 Å². The summed E-state index contributed by atoms with van der Waals surface area (Å²) in [5, 5.41) is 16.9. The molecule has 0 fully saturated rings. The fourth-order valence-corrected chi connectivity index (χ4v) is 1.37. The Labute approximate surface area is 122 Å². The van der Waals surface area contributed by atoms with Crippen molar-refractivity contribution in [1.82, 2.24) is 0 Å². The van der Waals surface area contributed by atoms with Crippen molar-refractivity contribution in [2.75, 3.05) is 0 Å². The number of carbonyl (C=O) groups is 2. The van der Waals surface area contributed by atoms with Gasteiger partial charge in [-0.3, -0.25) is 0 Å². The molecular formula is C16H28O4. The molecule has 0 aromatic heterocycles. The molecule has 0 amide bonds. The van der Waals surface area contributed by atoms with Gasteiger partial charge in [-0.15, -0.1) is 0 Å². The second-order valence-corrected chi connectivity index (χ2v) is 6.27. The van der Waals surface area contributed by atoms with Crippen molar-refractivity contribution in [2.24, 2.45) is 11.3 Å². The van der Waals surface area contributed by atoms with Gasteiger partial charge in [-0.2, -0.15) is 0 Å². The molecule has 0 rings (SSSR count). The zero-order valence-electron chi connectivity index (χ0n) is 13.3. The van der Waals surface area contributed by atoms with Gasteiger partial charge in [0.2, 0.25) is 0 Å². The van der Waals surface area contributed by atoms with Crippen molar-refractivity contribution in [2.45, 2.75) is 53.9 Å². The molecule has 0 saturated heterocycles. The van der Waals surface area contributed by atoms with E-state index in [9.17, 15) is 9.59 Å². The normalized spacial score (nSPS) is 11.8. The molecule has 0 spiro atoms. The monoisotopic (exact) mass is 284 g/mol. The van der Waals surface area contributed by atoms with Gasteiger partial charge in [0, 0.05) is 11.1 Å². The molecule has 1 unspecified atom stereocenters.